The van der Waals surface area contributed by atoms with Gasteiger partial charge in [0.15, 0.2) is 0 Å². The minimum atomic E-state index is 0.678. The molecule has 1 aromatic heterocycles. The second-order valence-electron chi connectivity index (χ2n) is 4.39. The molecule has 0 bridgehead atoms. The summed E-state index contributed by atoms with van der Waals surface area (Å²) in [5.41, 5.74) is 1.03. The molecule has 0 fully saturated rings. The highest BCUT2D eigenvalue weighted by atomic mass is 15.1. The minimum absolute atomic E-state index is 0.678. The van der Waals surface area contributed by atoms with Crippen LogP contribution in [-0.4, -0.2) is 16.5 Å². The Morgan fingerprint density at radius 1 is 1.05 bits per heavy atom. The van der Waals surface area contributed by atoms with Gasteiger partial charge >= 0.3 is 0 Å². The number of unbranched alkanes of at least 4 members (excludes halogenated alkanes) is 2. The van der Waals surface area contributed by atoms with Crippen molar-refractivity contribution in [2.24, 2.45) is 0 Å². The average molecular weight is 256 g/mol. The highest BCUT2D eigenvalue weighted by Crippen LogP contribution is 2.14. The van der Waals surface area contributed by atoms with E-state index >= 15 is 0 Å². The first-order chi connectivity index (χ1) is 9.38. The van der Waals surface area contributed by atoms with Crippen molar-refractivity contribution in [2.45, 2.75) is 26.2 Å². The van der Waals surface area contributed by atoms with E-state index < -0.39 is 0 Å². The maximum absolute atomic E-state index is 4.43. The summed E-state index contributed by atoms with van der Waals surface area (Å²) in [5, 5.41) is 6.50. The zero-order valence-electron chi connectivity index (χ0n) is 11.3. The van der Waals surface area contributed by atoms with Gasteiger partial charge in [0.2, 0.25) is 5.95 Å². The van der Waals surface area contributed by atoms with Crippen molar-refractivity contribution in [1.82, 2.24) is 9.97 Å². The Bertz CT molecular complexity index is 485. The zero-order valence-corrected chi connectivity index (χ0v) is 11.3. The summed E-state index contributed by atoms with van der Waals surface area (Å²) in [5.74, 6) is 1.48. The molecule has 0 unspecified atom stereocenters. The predicted molar refractivity (Wildman–Crippen MR) is 79.8 cm³/mol. The van der Waals surface area contributed by atoms with E-state index in [4.69, 9.17) is 0 Å². The Hall–Kier alpha value is -2.10. The van der Waals surface area contributed by atoms with Gasteiger partial charge in [0, 0.05) is 18.4 Å². The van der Waals surface area contributed by atoms with Gasteiger partial charge in [0.1, 0.15) is 5.82 Å². The van der Waals surface area contributed by atoms with Crippen LogP contribution in [0.25, 0.3) is 0 Å². The van der Waals surface area contributed by atoms with E-state index in [-0.39, 0.29) is 0 Å². The van der Waals surface area contributed by atoms with Crippen molar-refractivity contribution in [2.75, 3.05) is 17.2 Å². The molecule has 4 nitrogen and oxygen atoms in total. The first-order valence-corrected chi connectivity index (χ1v) is 6.77. The van der Waals surface area contributed by atoms with Crippen LogP contribution in [0.4, 0.5) is 17.5 Å². The number of aromatic nitrogens is 2. The van der Waals surface area contributed by atoms with Crippen LogP contribution in [0.5, 0.6) is 0 Å². The highest BCUT2D eigenvalue weighted by molar-refractivity contribution is 5.56. The molecule has 0 spiro atoms. The quantitative estimate of drug-likeness (QED) is 0.739. The molecule has 0 saturated heterocycles. The number of rotatable bonds is 7. The molecule has 4 heteroatoms. The first-order valence-electron chi connectivity index (χ1n) is 6.77. The second-order valence-corrected chi connectivity index (χ2v) is 4.39. The normalized spacial score (nSPS) is 10.2. The number of anilines is 3. The first kappa shape index (κ1) is 13.3. The number of nitrogens with one attached hydrogen (secondary N) is 2. The van der Waals surface area contributed by atoms with Crippen LogP contribution in [-0.2, 0) is 0 Å². The third kappa shape index (κ3) is 4.58. The van der Waals surface area contributed by atoms with Gasteiger partial charge in [-0.15, -0.1) is 0 Å². The van der Waals surface area contributed by atoms with Crippen LogP contribution in [0.3, 0.4) is 0 Å². The molecule has 0 saturated carbocycles. The van der Waals surface area contributed by atoms with Gasteiger partial charge in [-0.2, -0.15) is 4.98 Å². The van der Waals surface area contributed by atoms with Crippen LogP contribution in [0.2, 0.25) is 0 Å². The molecule has 2 aromatic rings. The van der Waals surface area contributed by atoms with E-state index in [1.54, 1.807) is 6.20 Å². The van der Waals surface area contributed by atoms with Crippen molar-refractivity contribution in [3.05, 3.63) is 42.6 Å². The van der Waals surface area contributed by atoms with Crippen molar-refractivity contribution in [3.63, 3.8) is 0 Å². The predicted octanol–water partition coefficient (Wildman–Crippen LogP) is 3.82. The van der Waals surface area contributed by atoms with Crippen molar-refractivity contribution < 1.29 is 0 Å². The van der Waals surface area contributed by atoms with Gasteiger partial charge in [-0.3, -0.25) is 0 Å². The standard InChI is InChI=1S/C15H20N4/c1-2-3-7-11-16-15-17-12-10-14(19-15)18-13-8-5-4-6-9-13/h4-6,8-10,12H,2-3,7,11H2,1H3,(H2,16,17,18,19). The summed E-state index contributed by atoms with van der Waals surface area (Å²) < 4.78 is 0. The van der Waals surface area contributed by atoms with E-state index in [9.17, 15) is 0 Å². The number of hydrogen-bond acceptors (Lipinski definition) is 4. The molecule has 0 aliphatic carbocycles. The Morgan fingerprint density at radius 3 is 2.68 bits per heavy atom. The van der Waals surface area contributed by atoms with Crippen LogP contribution in [0.15, 0.2) is 42.6 Å². The summed E-state index contributed by atoms with van der Waals surface area (Å²) >= 11 is 0. The van der Waals surface area contributed by atoms with E-state index in [0.717, 1.165) is 24.5 Å². The average Bonchev–Trinajstić information content (AvgIpc) is 2.45. The molecule has 100 valence electrons. The molecule has 1 heterocycles. The second kappa shape index (κ2) is 7.36. The fourth-order valence-electron chi connectivity index (χ4n) is 1.76. The molecule has 1 aromatic carbocycles. The monoisotopic (exact) mass is 256 g/mol. The van der Waals surface area contributed by atoms with Gasteiger partial charge in [-0.05, 0) is 24.6 Å². The van der Waals surface area contributed by atoms with Gasteiger partial charge in [0.05, 0.1) is 0 Å². The lowest BCUT2D eigenvalue weighted by Crippen LogP contribution is -2.06. The summed E-state index contributed by atoms with van der Waals surface area (Å²) in [4.78, 5) is 8.65. The Morgan fingerprint density at radius 2 is 1.89 bits per heavy atom. The van der Waals surface area contributed by atoms with E-state index in [1.807, 2.05) is 36.4 Å². The van der Waals surface area contributed by atoms with Gasteiger partial charge in [-0.25, -0.2) is 4.98 Å². The zero-order chi connectivity index (χ0) is 13.3. The fourth-order valence-corrected chi connectivity index (χ4v) is 1.76. The maximum Gasteiger partial charge on any atom is 0.224 e. The number of hydrogen-bond donors (Lipinski definition) is 2. The molecular weight excluding hydrogens is 236 g/mol. The third-order valence-corrected chi connectivity index (χ3v) is 2.77. The topological polar surface area (TPSA) is 49.8 Å². The lowest BCUT2D eigenvalue weighted by atomic mass is 10.2. The van der Waals surface area contributed by atoms with Crippen molar-refractivity contribution >= 4 is 17.5 Å². The largest absolute Gasteiger partial charge is 0.354 e. The summed E-state index contributed by atoms with van der Waals surface area (Å²) in [6, 6.07) is 11.9. The van der Waals surface area contributed by atoms with E-state index in [1.165, 1.54) is 12.8 Å². The summed E-state index contributed by atoms with van der Waals surface area (Å²) in [7, 11) is 0. The maximum atomic E-state index is 4.43. The van der Waals surface area contributed by atoms with Crippen molar-refractivity contribution in [1.29, 1.82) is 0 Å². The van der Waals surface area contributed by atoms with Crippen LogP contribution < -0.4 is 10.6 Å². The Balaban J connectivity index is 1.91. The Labute approximate surface area is 114 Å². The minimum Gasteiger partial charge on any atom is -0.354 e. The molecule has 0 radical (unpaired) electrons. The SMILES string of the molecule is CCCCCNc1nccc(Nc2ccccc2)n1. The molecule has 19 heavy (non-hydrogen) atoms. The van der Waals surface area contributed by atoms with Crippen molar-refractivity contribution in [3.8, 4) is 0 Å². The number of nitrogens with zero attached hydrogens (tertiary/aromatic N) is 2. The lowest BCUT2D eigenvalue weighted by Gasteiger charge is -2.08. The Kier molecular flexibility index (Phi) is 5.17. The highest BCUT2D eigenvalue weighted by Gasteiger charge is 1.99. The summed E-state index contributed by atoms with van der Waals surface area (Å²) in [6.07, 6.45) is 5.36. The molecule has 2 N–H and O–H groups in total. The van der Waals surface area contributed by atoms with Crippen LogP contribution in [0.1, 0.15) is 26.2 Å². The smallest absolute Gasteiger partial charge is 0.224 e. The summed E-state index contributed by atoms with van der Waals surface area (Å²) in [6.45, 7) is 3.11. The molecule has 0 atom stereocenters. The van der Waals surface area contributed by atoms with Gasteiger partial charge in [0.25, 0.3) is 0 Å². The molecular formula is C15H20N4. The number of para-hydroxylation sites is 1. The fraction of sp³-hybridized carbons (Fsp3) is 0.333. The van der Waals surface area contributed by atoms with E-state index in [0.29, 0.717) is 5.95 Å². The third-order valence-electron chi connectivity index (χ3n) is 2.77. The van der Waals surface area contributed by atoms with Gasteiger partial charge < -0.3 is 10.6 Å². The van der Waals surface area contributed by atoms with Gasteiger partial charge in [-0.1, -0.05) is 38.0 Å². The van der Waals surface area contributed by atoms with Crippen LogP contribution in [0, 0.1) is 0 Å². The van der Waals surface area contributed by atoms with E-state index in [2.05, 4.69) is 27.5 Å². The van der Waals surface area contributed by atoms with Crippen LogP contribution >= 0.6 is 0 Å². The lowest BCUT2D eigenvalue weighted by molar-refractivity contribution is 0.740. The number of benzene rings is 1. The molecule has 0 amide bonds. The molecule has 0 aliphatic heterocycles. The molecule has 2 rings (SSSR count). The molecule has 0 aliphatic rings.